The van der Waals surface area contributed by atoms with Crippen LogP contribution in [0.1, 0.15) is 56.4 Å². The minimum atomic E-state index is -0.968. The summed E-state index contributed by atoms with van der Waals surface area (Å²) in [5, 5.41) is 14.3. The van der Waals surface area contributed by atoms with E-state index in [-0.39, 0.29) is 5.69 Å². The second-order valence-electron chi connectivity index (χ2n) is 4.24. The maximum atomic E-state index is 10.7. The van der Waals surface area contributed by atoms with Gasteiger partial charge in [-0.3, -0.25) is 0 Å². The number of hydrogen-bond donors (Lipinski definition) is 2. The Morgan fingerprint density at radius 2 is 2.29 bits per heavy atom. The highest BCUT2D eigenvalue weighted by molar-refractivity contribution is 7.13. The fourth-order valence-corrected chi connectivity index (χ4v) is 2.40. The average molecular weight is 256 g/mol. The maximum Gasteiger partial charge on any atom is 0.355 e. The van der Waals surface area contributed by atoms with E-state index in [9.17, 15) is 4.79 Å². The molecule has 0 fully saturated rings. The van der Waals surface area contributed by atoms with Crippen molar-refractivity contribution in [2.45, 2.75) is 52.0 Å². The number of thiazole rings is 1. The number of carbonyl (C=O) groups is 1. The summed E-state index contributed by atoms with van der Waals surface area (Å²) >= 11 is 1.35. The molecule has 0 aromatic carbocycles. The van der Waals surface area contributed by atoms with Gasteiger partial charge in [0.15, 0.2) is 10.8 Å². The van der Waals surface area contributed by atoms with Gasteiger partial charge in [-0.15, -0.1) is 11.3 Å². The number of hydrogen-bond acceptors (Lipinski definition) is 4. The van der Waals surface area contributed by atoms with Crippen molar-refractivity contribution in [1.82, 2.24) is 4.98 Å². The predicted molar refractivity (Wildman–Crippen MR) is 70.9 cm³/mol. The Morgan fingerprint density at radius 3 is 2.88 bits per heavy atom. The lowest BCUT2D eigenvalue weighted by Crippen LogP contribution is -2.14. The largest absolute Gasteiger partial charge is 0.476 e. The molecule has 1 aromatic heterocycles. The number of aromatic nitrogens is 1. The Morgan fingerprint density at radius 1 is 1.53 bits per heavy atom. The van der Waals surface area contributed by atoms with E-state index in [2.05, 4.69) is 24.1 Å². The molecule has 96 valence electrons. The molecule has 0 spiro atoms. The highest BCUT2D eigenvalue weighted by Gasteiger charge is 2.10. The molecule has 1 rings (SSSR count). The van der Waals surface area contributed by atoms with Crippen LogP contribution in [0.15, 0.2) is 5.38 Å². The van der Waals surface area contributed by atoms with Crippen molar-refractivity contribution in [3.05, 3.63) is 11.1 Å². The normalized spacial score (nSPS) is 12.4. The minimum Gasteiger partial charge on any atom is -0.476 e. The van der Waals surface area contributed by atoms with Gasteiger partial charge in [-0.05, 0) is 13.3 Å². The number of aromatic carboxylic acids is 1. The van der Waals surface area contributed by atoms with E-state index in [4.69, 9.17) is 5.11 Å². The van der Waals surface area contributed by atoms with Crippen molar-refractivity contribution in [3.8, 4) is 0 Å². The molecule has 1 heterocycles. The summed E-state index contributed by atoms with van der Waals surface area (Å²) in [4.78, 5) is 14.7. The van der Waals surface area contributed by atoms with Crippen molar-refractivity contribution in [3.63, 3.8) is 0 Å². The molecule has 0 aliphatic rings. The SMILES string of the molecule is CCCCCCC(C)Nc1nc(C(=O)O)cs1. The van der Waals surface area contributed by atoms with Crippen LogP contribution >= 0.6 is 11.3 Å². The Kier molecular flexibility index (Phi) is 5.97. The maximum absolute atomic E-state index is 10.7. The van der Waals surface area contributed by atoms with Gasteiger partial charge in [0, 0.05) is 11.4 Å². The number of carboxylic acid groups (broad SMARTS) is 1. The lowest BCUT2D eigenvalue weighted by atomic mass is 10.1. The lowest BCUT2D eigenvalue weighted by molar-refractivity contribution is 0.0691. The van der Waals surface area contributed by atoms with Gasteiger partial charge in [0.05, 0.1) is 0 Å². The molecule has 0 aliphatic heterocycles. The third-order valence-electron chi connectivity index (χ3n) is 2.58. The number of anilines is 1. The Labute approximate surface area is 106 Å². The summed E-state index contributed by atoms with van der Waals surface area (Å²) in [5.41, 5.74) is 0.121. The molecule has 1 aromatic rings. The zero-order valence-electron chi connectivity index (χ0n) is 10.4. The first-order chi connectivity index (χ1) is 8.13. The predicted octanol–water partition coefficient (Wildman–Crippen LogP) is 3.61. The quantitative estimate of drug-likeness (QED) is 0.697. The Bertz CT molecular complexity index is 352. The summed E-state index contributed by atoms with van der Waals surface area (Å²) in [6.45, 7) is 4.30. The molecule has 1 unspecified atom stereocenters. The van der Waals surface area contributed by atoms with E-state index < -0.39 is 5.97 Å². The van der Waals surface area contributed by atoms with Crippen molar-refractivity contribution < 1.29 is 9.90 Å². The van der Waals surface area contributed by atoms with E-state index in [1.54, 1.807) is 5.38 Å². The molecule has 5 heteroatoms. The number of nitrogens with one attached hydrogen (secondary N) is 1. The summed E-state index contributed by atoms with van der Waals surface area (Å²) in [6.07, 6.45) is 6.10. The number of unbranched alkanes of at least 4 members (excludes halogenated alkanes) is 3. The second-order valence-corrected chi connectivity index (χ2v) is 5.10. The molecular formula is C12H20N2O2S. The van der Waals surface area contributed by atoms with Gasteiger partial charge < -0.3 is 10.4 Å². The number of nitrogens with zero attached hydrogens (tertiary/aromatic N) is 1. The first-order valence-corrected chi connectivity index (χ1v) is 6.96. The van der Waals surface area contributed by atoms with Crippen LogP contribution in [0.5, 0.6) is 0 Å². The van der Waals surface area contributed by atoms with Crippen LogP contribution in [0.3, 0.4) is 0 Å². The van der Waals surface area contributed by atoms with Crippen LogP contribution in [-0.4, -0.2) is 22.1 Å². The van der Waals surface area contributed by atoms with Gasteiger partial charge in [-0.2, -0.15) is 0 Å². The summed E-state index contributed by atoms with van der Waals surface area (Å²) < 4.78 is 0. The highest BCUT2D eigenvalue weighted by Crippen LogP contribution is 2.18. The minimum absolute atomic E-state index is 0.121. The second kappa shape index (κ2) is 7.27. The fraction of sp³-hybridized carbons (Fsp3) is 0.667. The molecule has 4 nitrogen and oxygen atoms in total. The first kappa shape index (κ1) is 14.0. The molecule has 0 radical (unpaired) electrons. The van der Waals surface area contributed by atoms with Crippen molar-refractivity contribution in [2.75, 3.05) is 5.32 Å². The van der Waals surface area contributed by atoms with Crippen LogP contribution in [0, 0.1) is 0 Å². The molecule has 0 bridgehead atoms. The van der Waals surface area contributed by atoms with Crippen LogP contribution < -0.4 is 5.32 Å². The smallest absolute Gasteiger partial charge is 0.355 e. The van der Waals surface area contributed by atoms with Gasteiger partial charge in [0.2, 0.25) is 0 Å². The molecular weight excluding hydrogens is 236 g/mol. The van der Waals surface area contributed by atoms with E-state index in [0.717, 1.165) is 6.42 Å². The highest BCUT2D eigenvalue weighted by atomic mass is 32.1. The van der Waals surface area contributed by atoms with E-state index >= 15 is 0 Å². The molecule has 1 atom stereocenters. The molecule has 2 N–H and O–H groups in total. The first-order valence-electron chi connectivity index (χ1n) is 6.08. The van der Waals surface area contributed by atoms with Gasteiger partial charge >= 0.3 is 5.97 Å². The van der Waals surface area contributed by atoms with E-state index in [1.807, 2.05) is 0 Å². The molecule has 0 aliphatic carbocycles. The average Bonchev–Trinajstić information content (AvgIpc) is 2.73. The number of rotatable bonds is 8. The lowest BCUT2D eigenvalue weighted by Gasteiger charge is -2.12. The standard InChI is InChI=1S/C12H20N2O2S/c1-3-4-5-6-7-9(2)13-12-14-10(8-17-12)11(15)16/h8-9H,3-7H2,1-2H3,(H,13,14)(H,15,16). The summed E-state index contributed by atoms with van der Waals surface area (Å²) in [5.74, 6) is -0.968. The van der Waals surface area contributed by atoms with Crippen LogP contribution in [0.4, 0.5) is 5.13 Å². The fourth-order valence-electron chi connectivity index (χ4n) is 1.60. The van der Waals surface area contributed by atoms with E-state index in [0.29, 0.717) is 11.2 Å². The van der Waals surface area contributed by atoms with Crippen LogP contribution in [0.25, 0.3) is 0 Å². The van der Waals surface area contributed by atoms with Crippen molar-refractivity contribution in [1.29, 1.82) is 0 Å². The van der Waals surface area contributed by atoms with Gasteiger partial charge in [0.25, 0.3) is 0 Å². The monoisotopic (exact) mass is 256 g/mol. The molecule has 0 saturated carbocycles. The van der Waals surface area contributed by atoms with Gasteiger partial charge in [0.1, 0.15) is 0 Å². The summed E-state index contributed by atoms with van der Waals surface area (Å²) in [6, 6.07) is 0.347. The van der Waals surface area contributed by atoms with Crippen molar-refractivity contribution in [2.24, 2.45) is 0 Å². The summed E-state index contributed by atoms with van der Waals surface area (Å²) in [7, 11) is 0. The molecule has 17 heavy (non-hydrogen) atoms. The number of carboxylic acids is 1. The zero-order chi connectivity index (χ0) is 12.7. The Balaban J connectivity index is 2.29. The van der Waals surface area contributed by atoms with Gasteiger partial charge in [-0.1, -0.05) is 32.6 Å². The molecule has 0 saturated heterocycles. The van der Waals surface area contributed by atoms with Crippen LogP contribution in [-0.2, 0) is 0 Å². The van der Waals surface area contributed by atoms with Crippen LogP contribution in [0.2, 0.25) is 0 Å². The zero-order valence-corrected chi connectivity index (χ0v) is 11.2. The van der Waals surface area contributed by atoms with E-state index in [1.165, 1.54) is 37.0 Å². The third kappa shape index (κ3) is 5.17. The molecule has 0 amide bonds. The third-order valence-corrected chi connectivity index (χ3v) is 3.36. The Hall–Kier alpha value is -1.10. The topological polar surface area (TPSA) is 62.2 Å². The van der Waals surface area contributed by atoms with Crippen molar-refractivity contribution >= 4 is 22.4 Å². The van der Waals surface area contributed by atoms with Gasteiger partial charge in [-0.25, -0.2) is 9.78 Å².